The first-order chi connectivity index (χ1) is 12.3. The van der Waals surface area contributed by atoms with Gasteiger partial charge in [0.15, 0.2) is 5.41 Å². The van der Waals surface area contributed by atoms with E-state index in [1.807, 2.05) is 30.3 Å². The maximum absolute atomic E-state index is 13.9. The van der Waals surface area contributed by atoms with Gasteiger partial charge < -0.3 is 11.1 Å². The lowest BCUT2D eigenvalue weighted by molar-refractivity contribution is -0.218. The molecule has 0 spiro atoms. The van der Waals surface area contributed by atoms with Crippen molar-refractivity contribution in [1.29, 1.82) is 0 Å². The van der Waals surface area contributed by atoms with Crippen LogP contribution in [0, 0.1) is 5.41 Å². The maximum Gasteiger partial charge on any atom is 0.404 e. The first-order valence-electron chi connectivity index (χ1n) is 9.20. The molecule has 1 amide bonds. The molecule has 1 aromatic carbocycles. The first-order valence-corrected chi connectivity index (χ1v) is 9.20. The zero-order valence-electron chi connectivity index (χ0n) is 15.2. The minimum absolute atomic E-state index is 0. The predicted octanol–water partition coefficient (Wildman–Crippen LogP) is 3.25. The van der Waals surface area contributed by atoms with Crippen LogP contribution in [0.2, 0.25) is 0 Å². The fourth-order valence-electron chi connectivity index (χ4n) is 4.00. The smallest absolute Gasteiger partial charge is 0.353 e. The van der Waals surface area contributed by atoms with E-state index in [0.717, 1.165) is 18.4 Å². The van der Waals surface area contributed by atoms with Crippen LogP contribution in [0.1, 0.15) is 37.7 Å². The Bertz CT molecular complexity index is 620. The highest BCUT2D eigenvalue weighted by molar-refractivity contribution is 5.85. The molecule has 1 saturated carbocycles. The molecule has 0 aromatic heterocycles. The third kappa shape index (κ3) is 4.95. The highest BCUT2D eigenvalue weighted by Crippen LogP contribution is 2.46. The van der Waals surface area contributed by atoms with E-state index in [-0.39, 0.29) is 44.0 Å². The van der Waals surface area contributed by atoms with Crippen LogP contribution in [0.4, 0.5) is 13.2 Å². The van der Waals surface area contributed by atoms with Crippen molar-refractivity contribution in [2.75, 3.05) is 13.1 Å². The molecule has 1 atom stereocenters. The number of rotatable bonds is 4. The monoisotopic (exact) mass is 405 g/mol. The number of hydrogen-bond acceptors (Lipinski definition) is 3. The van der Waals surface area contributed by atoms with Gasteiger partial charge in [-0.05, 0) is 44.2 Å². The van der Waals surface area contributed by atoms with Gasteiger partial charge in [-0.15, -0.1) is 12.4 Å². The third-order valence-electron chi connectivity index (χ3n) is 5.68. The van der Waals surface area contributed by atoms with Gasteiger partial charge in [-0.25, -0.2) is 0 Å². The molecular formula is C19H27ClF3N3O. The summed E-state index contributed by atoms with van der Waals surface area (Å²) in [5, 5.41) is 2.67. The van der Waals surface area contributed by atoms with Crippen LogP contribution in [-0.2, 0) is 11.3 Å². The van der Waals surface area contributed by atoms with E-state index < -0.39 is 17.5 Å². The van der Waals surface area contributed by atoms with Gasteiger partial charge in [0.25, 0.3) is 0 Å². The molecule has 1 aliphatic carbocycles. The number of likely N-dealkylation sites (tertiary alicyclic amines) is 1. The van der Waals surface area contributed by atoms with Crippen molar-refractivity contribution in [2.45, 2.75) is 56.9 Å². The predicted molar refractivity (Wildman–Crippen MR) is 100 cm³/mol. The Hall–Kier alpha value is -1.31. The molecule has 3 rings (SSSR count). The molecule has 2 fully saturated rings. The van der Waals surface area contributed by atoms with Crippen LogP contribution in [0.15, 0.2) is 30.3 Å². The molecule has 1 aliphatic heterocycles. The first kappa shape index (κ1) is 22.0. The van der Waals surface area contributed by atoms with E-state index in [9.17, 15) is 18.0 Å². The Balaban J connectivity index is 0.00000261. The van der Waals surface area contributed by atoms with E-state index in [1.54, 1.807) is 4.90 Å². The number of carbonyl (C=O) groups excluding carboxylic acids is 1. The summed E-state index contributed by atoms with van der Waals surface area (Å²) in [4.78, 5) is 14.4. The summed E-state index contributed by atoms with van der Waals surface area (Å²) in [6.07, 6.45) is -1.98. The van der Waals surface area contributed by atoms with Crippen molar-refractivity contribution < 1.29 is 18.0 Å². The standard InChI is InChI=1S/C19H26F3N3O.ClH/c20-19(21,22)18(17(26)24-16-8-6-15(23)7-9-16)10-11-25(13-18)12-14-4-2-1-3-5-14;/h1-5,15-16H,6-13,23H2,(H,24,26);1H. The minimum Gasteiger partial charge on any atom is -0.353 e. The molecule has 152 valence electrons. The van der Waals surface area contributed by atoms with Crippen molar-refractivity contribution >= 4 is 18.3 Å². The fourth-order valence-corrected chi connectivity index (χ4v) is 4.00. The van der Waals surface area contributed by atoms with Gasteiger partial charge in [0.1, 0.15) is 0 Å². The summed E-state index contributed by atoms with van der Waals surface area (Å²) in [6, 6.07) is 9.26. The molecule has 0 radical (unpaired) electrons. The van der Waals surface area contributed by atoms with Gasteiger partial charge in [-0.2, -0.15) is 13.2 Å². The Labute approximate surface area is 164 Å². The number of hydrogen-bond donors (Lipinski definition) is 2. The summed E-state index contributed by atoms with van der Waals surface area (Å²) in [7, 11) is 0. The average molecular weight is 406 g/mol. The van der Waals surface area contributed by atoms with Crippen LogP contribution < -0.4 is 11.1 Å². The van der Waals surface area contributed by atoms with E-state index in [1.165, 1.54) is 0 Å². The van der Waals surface area contributed by atoms with Gasteiger partial charge in [-0.1, -0.05) is 30.3 Å². The molecule has 1 saturated heterocycles. The molecule has 2 aliphatic rings. The zero-order valence-corrected chi connectivity index (χ0v) is 16.0. The van der Waals surface area contributed by atoms with Gasteiger partial charge in [0.05, 0.1) is 0 Å². The molecule has 4 nitrogen and oxygen atoms in total. The Morgan fingerprint density at radius 2 is 1.81 bits per heavy atom. The van der Waals surface area contributed by atoms with Crippen molar-refractivity contribution in [3.63, 3.8) is 0 Å². The van der Waals surface area contributed by atoms with Crippen molar-refractivity contribution in [1.82, 2.24) is 10.2 Å². The molecule has 1 heterocycles. The Morgan fingerprint density at radius 3 is 2.41 bits per heavy atom. The lowest BCUT2D eigenvalue weighted by Gasteiger charge is -2.34. The number of nitrogens with two attached hydrogens (primary N) is 1. The van der Waals surface area contributed by atoms with E-state index >= 15 is 0 Å². The molecule has 1 aromatic rings. The normalized spacial score (nSPS) is 29.2. The number of alkyl halides is 3. The van der Waals surface area contributed by atoms with E-state index in [4.69, 9.17) is 5.73 Å². The second-order valence-electron chi connectivity index (χ2n) is 7.61. The maximum atomic E-state index is 13.9. The highest BCUT2D eigenvalue weighted by atomic mass is 35.5. The summed E-state index contributed by atoms with van der Waals surface area (Å²) in [6.45, 7) is 0.394. The van der Waals surface area contributed by atoms with Crippen LogP contribution in [-0.4, -0.2) is 42.2 Å². The zero-order chi connectivity index (χ0) is 18.8. The Kier molecular flexibility index (Phi) is 7.16. The number of nitrogens with one attached hydrogen (secondary N) is 1. The molecule has 1 unspecified atom stereocenters. The van der Waals surface area contributed by atoms with Gasteiger partial charge in [0.2, 0.25) is 5.91 Å². The van der Waals surface area contributed by atoms with Crippen LogP contribution in [0.25, 0.3) is 0 Å². The van der Waals surface area contributed by atoms with Crippen LogP contribution in [0.5, 0.6) is 0 Å². The fraction of sp³-hybridized carbons (Fsp3) is 0.632. The summed E-state index contributed by atoms with van der Waals surface area (Å²) in [5.41, 5.74) is 4.47. The summed E-state index contributed by atoms with van der Waals surface area (Å²) in [5.74, 6) is -0.874. The Morgan fingerprint density at radius 1 is 1.19 bits per heavy atom. The van der Waals surface area contributed by atoms with Crippen molar-refractivity contribution in [2.24, 2.45) is 11.1 Å². The number of nitrogens with zero attached hydrogens (tertiary/aromatic N) is 1. The second-order valence-corrected chi connectivity index (χ2v) is 7.61. The van der Waals surface area contributed by atoms with E-state index in [0.29, 0.717) is 19.4 Å². The molecular weight excluding hydrogens is 379 g/mol. The number of halogens is 4. The SMILES string of the molecule is Cl.NC1CCC(NC(=O)C2(C(F)(F)F)CCN(Cc3ccccc3)C2)CC1. The quantitative estimate of drug-likeness (QED) is 0.808. The van der Waals surface area contributed by atoms with Crippen LogP contribution >= 0.6 is 12.4 Å². The largest absolute Gasteiger partial charge is 0.404 e. The molecule has 27 heavy (non-hydrogen) atoms. The van der Waals surface area contributed by atoms with E-state index in [2.05, 4.69) is 5.32 Å². The lowest BCUT2D eigenvalue weighted by atomic mass is 9.83. The van der Waals surface area contributed by atoms with Crippen molar-refractivity contribution in [3.8, 4) is 0 Å². The molecule has 0 bridgehead atoms. The minimum atomic E-state index is -4.56. The number of amides is 1. The van der Waals surface area contributed by atoms with Gasteiger partial charge >= 0.3 is 6.18 Å². The third-order valence-corrected chi connectivity index (χ3v) is 5.68. The van der Waals surface area contributed by atoms with Crippen molar-refractivity contribution in [3.05, 3.63) is 35.9 Å². The lowest BCUT2D eigenvalue weighted by Crippen LogP contribution is -2.55. The summed E-state index contributed by atoms with van der Waals surface area (Å²) >= 11 is 0. The number of carbonyl (C=O) groups is 1. The van der Waals surface area contributed by atoms with Gasteiger partial charge in [-0.3, -0.25) is 9.69 Å². The molecule has 8 heteroatoms. The van der Waals surface area contributed by atoms with Crippen LogP contribution in [0.3, 0.4) is 0 Å². The molecule has 3 N–H and O–H groups in total. The second kappa shape index (κ2) is 8.80. The number of benzene rings is 1. The highest BCUT2D eigenvalue weighted by Gasteiger charge is 2.63. The summed E-state index contributed by atoms with van der Waals surface area (Å²) < 4.78 is 41.7. The van der Waals surface area contributed by atoms with Gasteiger partial charge in [0, 0.05) is 25.2 Å². The average Bonchev–Trinajstić information content (AvgIpc) is 3.03. The topological polar surface area (TPSA) is 58.4 Å².